The molecule has 0 aliphatic heterocycles. The van der Waals surface area contributed by atoms with Gasteiger partial charge < -0.3 is 29.9 Å². The number of carbonyl (C=O) groups is 2. The molecule has 0 spiro atoms. The van der Waals surface area contributed by atoms with Gasteiger partial charge in [0.2, 0.25) is 0 Å². The van der Waals surface area contributed by atoms with Gasteiger partial charge >= 0.3 is 13.6 Å². The van der Waals surface area contributed by atoms with Crippen molar-refractivity contribution in [2.45, 2.75) is 5.85 Å². The molecule has 14 heavy (non-hydrogen) atoms. The average Bonchev–Trinajstić information content (AvgIpc) is 1.96. The standard InChI is InChI=1S/C5H7O8P/c6-3(7)1-2(4(8)9)5(10)14(11,12)13/h1,5,10H,(H,6,7)(H,8,9)(H2,11,12,13)/p-1/b2-1+. The third-order valence-electron chi connectivity index (χ3n) is 1.11. The van der Waals surface area contributed by atoms with E-state index < -0.39 is 31.0 Å². The van der Waals surface area contributed by atoms with Crippen LogP contribution in [0.2, 0.25) is 0 Å². The summed E-state index contributed by atoms with van der Waals surface area (Å²) in [4.78, 5) is 36.9. The number of aliphatic hydroxyl groups excluding tert-OH is 1. The maximum Gasteiger partial charge on any atom is 0.358 e. The second-order valence-corrected chi connectivity index (χ2v) is 3.86. The highest BCUT2D eigenvalue weighted by molar-refractivity contribution is 7.52. The molecule has 0 amide bonds. The summed E-state index contributed by atoms with van der Waals surface area (Å²) in [6.45, 7) is 0. The third kappa shape index (κ3) is 3.67. The maximum absolute atomic E-state index is 10.4. The summed E-state index contributed by atoms with van der Waals surface area (Å²) in [6, 6.07) is 0. The molecule has 8 nitrogen and oxygen atoms in total. The summed E-state index contributed by atoms with van der Waals surface area (Å²) in [6.07, 6.45) is -0.0426. The van der Waals surface area contributed by atoms with Gasteiger partial charge in [-0.15, -0.1) is 0 Å². The van der Waals surface area contributed by atoms with Crippen molar-refractivity contribution in [1.82, 2.24) is 0 Å². The molecule has 0 heterocycles. The number of carbonyl (C=O) groups excluding carboxylic acids is 1. The zero-order chi connectivity index (χ0) is 11.5. The van der Waals surface area contributed by atoms with Gasteiger partial charge in [0.05, 0.1) is 5.97 Å². The van der Waals surface area contributed by atoms with Crippen molar-refractivity contribution in [3.8, 4) is 0 Å². The van der Waals surface area contributed by atoms with E-state index in [0.29, 0.717) is 0 Å². The van der Waals surface area contributed by atoms with Crippen molar-refractivity contribution in [2.24, 2.45) is 0 Å². The number of carboxylic acid groups (broad SMARTS) is 2. The molecular formula is C5H6O8P-. The Morgan fingerprint density at radius 1 is 1.36 bits per heavy atom. The summed E-state index contributed by atoms with van der Waals surface area (Å²) >= 11 is 0. The molecule has 4 N–H and O–H groups in total. The van der Waals surface area contributed by atoms with E-state index in [-0.39, 0.29) is 6.08 Å². The van der Waals surface area contributed by atoms with Crippen molar-refractivity contribution < 1.29 is 39.3 Å². The van der Waals surface area contributed by atoms with Crippen molar-refractivity contribution >= 4 is 19.5 Å². The molecule has 0 fully saturated rings. The van der Waals surface area contributed by atoms with E-state index >= 15 is 0 Å². The zero-order valence-electron chi connectivity index (χ0n) is 6.52. The average molecular weight is 225 g/mol. The molecule has 0 saturated heterocycles. The molecule has 0 aliphatic carbocycles. The van der Waals surface area contributed by atoms with Gasteiger partial charge in [0.1, 0.15) is 0 Å². The van der Waals surface area contributed by atoms with Crippen LogP contribution in [0.3, 0.4) is 0 Å². The van der Waals surface area contributed by atoms with E-state index in [9.17, 15) is 19.3 Å². The number of aliphatic carboxylic acids is 2. The van der Waals surface area contributed by atoms with Gasteiger partial charge in [-0.2, -0.15) is 0 Å². The number of carboxylic acids is 2. The van der Waals surface area contributed by atoms with Gasteiger partial charge in [-0.25, -0.2) is 4.79 Å². The quantitative estimate of drug-likeness (QED) is 0.296. The monoisotopic (exact) mass is 225 g/mol. The van der Waals surface area contributed by atoms with E-state index in [1.165, 1.54) is 0 Å². The van der Waals surface area contributed by atoms with Crippen LogP contribution in [0.15, 0.2) is 11.6 Å². The predicted octanol–water partition coefficient (Wildman–Crippen LogP) is -2.76. The topological polar surface area (TPSA) is 155 Å². The van der Waals surface area contributed by atoms with Crippen LogP contribution in [-0.4, -0.2) is 37.8 Å². The SMILES string of the molecule is O=C(O)/C=C(\C(=O)[O-])C(O)P(=O)(O)O. The maximum atomic E-state index is 10.4. The van der Waals surface area contributed by atoms with Gasteiger partial charge in [0.15, 0.2) is 5.85 Å². The fourth-order valence-corrected chi connectivity index (χ4v) is 1.10. The van der Waals surface area contributed by atoms with E-state index in [4.69, 9.17) is 20.0 Å². The lowest BCUT2D eigenvalue weighted by Crippen LogP contribution is -2.31. The number of rotatable bonds is 4. The molecule has 1 atom stereocenters. The Balaban J connectivity index is 5.15. The van der Waals surface area contributed by atoms with Crippen LogP contribution in [0, 0.1) is 0 Å². The Hall–Kier alpha value is -1.21. The van der Waals surface area contributed by atoms with E-state index in [2.05, 4.69) is 0 Å². The molecule has 0 radical (unpaired) electrons. The summed E-state index contributed by atoms with van der Waals surface area (Å²) in [5.41, 5.74) is -1.38. The molecule has 0 saturated carbocycles. The first-order valence-corrected chi connectivity index (χ1v) is 4.73. The van der Waals surface area contributed by atoms with E-state index in [0.717, 1.165) is 0 Å². The minimum absolute atomic E-state index is 0.0426. The Kier molecular flexibility index (Phi) is 3.96. The van der Waals surface area contributed by atoms with Gasteiger partial charge in [0, 0.05) is 11.6 Å². The van der Waals surface area contributed by atoms with Crippen LogP contribution >= 0.6 is 7.60 Å². The van der Waals surface area contributed by atoms with Gasteiger partial charge in [-0.05, 0) is 0 Å². The lowest BCUT2D eigenvalue weighted by molar-refractivity contribution is -0.300. The fourth-order valence-electron chi connectivity index (χ4n) is 0.553. The zero-order valence-corrected chi connectivity index (χ0v) is 7.42. The molecule has 0 aromatic heterocycles. The Labute approximate surface area is 77.3 Å². The number of hydrogen-bond donors (Lipinski definition) is 4. The van der Waals surface area contributed by atoms with Gasteiger partial charge in [-0.1, -0.05) is 0 Å². The first-order chi connectivity index (χ1) is 6.16. The van der Waals surface area contributed by atoms with Gasteiger partial charge in [0.25, 0.3) is 0 Å². The second-order valence-electron chi connectivity index (χ2n) is 2.19. The van der Waals surface area contributed by atoms with Crippen LogP contribution < -0.4 is 5.11 Å². The predicted molar refractivity (Wildman–Crippen MR) is 38.8 cm³/mol. The van der Waals surface area contributed by atoms with Crippen LogP contribution in [-0.2, 0) is 14.2 Å². The van der Waals surface area contributed by atoms with Gasteiger partial charge in [-0.3, -0.25) is 4.57 Å². The normalized spacial score (nSPS) is 14.9. The van der Waals surface area contributed by atoms with Crippen molar-refractivity contribution in [3.05, 3.63) is 11.6 Å². The minimum atomic E-state index is -5.12. The van der Waals surface area contributed by atoms with Crippen LogP contribution in [0.25, 0.3) is 0 Å². The number of hydrogen-bond acceptors (Lipinski definition) is 5. The van der Waals surface area contributed by atoms with Crippen LogP contribution in [0.1, 0.15) is 0 Å². The summed E-state index contributed by atoms with van der Waals surface area (Å²) in [5, 5.41) is 27.0. The lowest BCUT2D eigenvalue weighted by atomic mass is 10.2. The number of aliphatic hydroxyl groups is 1. The van der Waals surface area contributed by atoms with Crippen molar-refractivity contribution in [3.63, 3.8) is 0 Å². The largest absolute Gasteiger partial charge is 0.545 e. The Morgan fingerprint density at radius 2 is 1.79 bits per heavy atom. The van der Waals surface area contributed by atoms with E-state index in [1.807, 2.05) is 0 Å². The molecule has 80 valence electrons. The first-order valence-electron chi connectivity index (χ1n) is 3.05. The summed E-state index contributed by atoms with van der Waals surface area (Å²) in [7, 11) is -5.12. The molecule has 0 bridgehead atoms. The third-order valence-corrected chi connectivity index (χ3v) is 2.03. The van der Waals surface area contributed by atoms with Crippen molar-refractivity contribution in [2.75, 3.05) is 0 Å². The van der Waals surface area contributed by atoms with Crippen LogP contribution in [0.4, 0.5) is 0 Å². The molecule has 9 heteroatoms. The highest BCUT2D eigenvalue weighted by atomic mass is 31.2. The molecule has 0 aliphatic rings. The molecule has 0 aromatic carbocycles. The molecule has 1 unspecified atom stereocenters. The van der Waals surface area contributed by atoms with Crippen molar-refractivity contribution in [1.29, 1.82) is 0 Å². The Morgan fingerprint density at radius 3 is 2.00 bits per heavy atom. The molecule has 0 aromatic rings. The highest BCUT2D eigenvalue weighted by Crippen LogP contribution is 2.42. The lowest BCUT2D eigenvalue weighted by Gasteiger charge is -2.16. The van der Waals surface area contributed by atoms with E-state index in [1.54, 1.807) is 0 Å². The Bertz CT molecular complexity index is 325. The minimum Gasteiger partial charge on any atom is -0.545 e. The first kappa shape index (κ1) is 12.8. The molecule has 0 rings (SSSR count). The second kappa shape index (κ2) is 4.34. The molecular weight excluding hydrogens is 219 g/mol. The highest BCUT2D eigenvalue weighted by Gasteiger charge is 2.31. The summed E-state index contributed by atoms with van der Waals surface area (Å²) in [5.74, 6) is -6.64. The fraction of sp³-hybridized carbons (Fsp3) is 0.200. The summed E-state index contributed by atoms with van der Waals surface area (Å²) < 4.78 is 10.4. The smallest absolute Gasteiger partial charge is 0.358 e. The van der Waals surface area contributed by atoms with Crippen LogP contribution in [0.5, 0.6) is 0 Å².